The highest BCUT2D eigenvalue weighted by Crippen LogP contribution is 2.33. The number of aromatic nitrogens is 3. The van der Waals surface area contributed by atoms with Crippen molar-refractivity contribution in [1.82, 2.24) is 15.2 Å². The first-order valence-electron chi connectivity index (χ1n) is 6.43. The van der Waals surface area contributed by atoms with Crippen molar-refractivity contribution in [2.45, 2.75) is 38.5 Å². The smallest absolute Gasteiger partial charge is 0.181 e. The van der Waals surface area contributed by atoms with Gasteiger partial charge in [-0.2, -0.15) is 5.10 Å². The van der Waals surface area contributed by atoms with E-state index in [0.717, 1.165) is 27.8 Å². The summed E-state index contributed by atoms with van der Waals surface area (Å²) in [6, 6.07) is 5.85. The van der Waals surface area contributed by atoms with E-state index < -0.39 is 0 Å². The van der Waals surface area contributed by atoms with Crippen LogP contribution in [-0.2, 0) is 0 Å². The van der Waals surface area contributed by atoms with Crippen molar-refractivity contribution in [2.24, 2.45) is 0 Å². The molecule has 1 aliphatic carbocycles. The minimum absolute atomic E-state index is 0.561. The third-order valence-electron chi connectivity index (χ3n) is 3.75. The predicted molar refractivity (Wildman–Crippen MR) is 72.8 cm³/mol. The average Bonchev–Trinajstić information content (AvgIpc) is 3.01. The summed E-state index contributed by atoms with van der Waals surface area (Å²) in [7, 11) is 0. The Bertz CT molecular complexity index is 556. The molecule has 2 aromatic rings. The Hall–Kier alpha value is -1.35. The van der Waals surface area contributed by atoms with Gasteiger partial charge in [0.2, 0.25) is 0 Å². The molecular weight excluding hydrogens is 246 g/mol. The van der Waals surface area contributed by atoms with Gasteiger partial charge in [-0.1, -0.05) is 36.6 Å². The molecule has 1 N–H and O–H groups in total. The minimum atomic E-state index is 0.561. The number of hydrogen-bond donors (Lipinski definition) is 1. The summed E-state index contributed by atoms with van der Waals surface area (Å²) in [4.78, 5) is 4.64. The van der Waals surface area contributed by atoms with Crippen molar-refractivity contribution in [3.8, 4) is 11.4 Å². The van der Waals surface area contributed by atoms with E-state index >= 15 is 0 Å². The largest absolute Gasteiger partial charge is 0.262 e. The predicted octanol–water partition coefficient (Wildman–Crippen LogP) is 4.09. The molecule has 94 valence electrons. The van der Waals surface area contributed by atoms with Crippen molar-refractivity contribution in [1.29, 1.82) is 0 Å². The van der Waals surface area contributed by atoms with E-state index in [4.69, 9.17) is 11.6 Å². The first-order valence-corrected chi connectivity index (χ1v) is 6.81. The maximum absolute atomic E-state index is 6.13. The van der Waals surface area contributed by atoms with Gasteiger partial charge in [-0.05, 0) is 31.4 Å². The Morgan fingerprint density at radius 2 is 2.06 bits per heavy atom. The second kappa shape index (κ2) is 4.73. The SMILES string of the molecule is Cc1c(Cl)cccc1-c1n[nH]c(C2CCCC2)n1. The van der Waals surface area contributed by atoms with Crippen LogP contribution in [0.15, 0.2) is 18.2 Å². The summed E-state index contributed by atoms with van der Waals surface area (Å²) in [5.74, 6) is 2.35. The van der Waals surface area contributed by atoms with Crippen LogP contribution in [0.3, 0.4) is 0 Å². The van der Waals surface area contributed by atoms with E-state index in [1.165, 1.54) is 25.7 Å². The topological polar surface area (TPSA) is 41.6 Å². The Balaban J connectivity index is 1.95. The van der Waals surface area contributed by atoms with Gasteiger partial charge in [-0.25, -0.2) is 4.98 Å². The molecule has 1 heterocycles. The second-order valence-corrected chi connectivity index (χ2v) is 5.35. The normalized spacial score (nSPS) is 16.3. The molecule has 0 atom stereocenters. The monoisotopic (exact) mass is 261 g/mol. The lowest BCUT2D eigenvalue weighted by atomic mass is 10.1. The van der Waals surface area contributed by atoms with E-state index in [0.29, 0.717) is 5.92 Å². The third-order valence-corrected chi connectivity index (χ3v) is 4.16. The third kappa shape index (κ3) is 2.03. The van der Waals surface area contributed by atoms with Crippen LogP contribution in [0.1, 0.15) is 43.0 Å². The first kappa shape index (κ1) is 11.7. The minimum Gasteiger partial charge on any atom is -0.262 e. The molecule has 4 heteroatoms. The van der Waals surface area contributed by atoms with Crippen molar-refractivity contribution >= 4 is 11.6 Å². The Morgan fingerprint density at radius 1 is 1.28 bits per heavy atom. The van der Waals surface area contributed by atoms with Crippen LogP contribution in [0.4, 0.5) is 0 Å². The lowest BCUT2D eigenvalue weighted by molar-refractivity contribution is 0.672. The van der Waals surface area contributed by atoms with E-state index in [1.807, 2.05) is 25.1 Å². The molecule has 0 saturated heterocycles. The Kier molecular flexibility index (Phi) is 3.08. The molecule has 1 aliphatic rings. The number of aromatic amines is 1. The quantitative estimate of drug-likeness (QED) is 0.885. The molecule has 1 fully saturated rings. The molecule has 0 spiro atoms. The summed E-state index contributed by atoms with van der Waals surface area (Å²) in [5, 5.41) is 8.19. The molecule has 0 bridgehead atoms. The van der Waals surface area contributed by atoms with Crippen LogP contribution in [0.5, 0.6) is 0 Å². The van der Waals surface area contributed by atoms with Gasteiger partial charge in [-0.15, -0.1) is 0 Å². The second-order valence-electron chi connectivity index (χ2n) is 4.94. The number of rotatable bonds is 2. The fourth-order valence-electron chi connectivity index (χ4n) is 2.63. The fraction of sp³-hybridized carbons (Fsp3) is 0.429. The lowest BCUT2D eigenvalue weighted by Gasteiger charge is -2.04. The highest BCUT2D eigenvalue weighted by atomic mass is 35.5. The molecule has 0 radical (unpaired) electrons. The fourth-order valence-corrected chi connectivity index (χ4v) is 2.80. The van der Waals surface area contributed by atoms with Crippen molar-refractivity contribution in [3.05, 3.63) is 34.6 Å². The molecular formula is C14H16ClN3. The zero-order valence-electron chi connectivity index (χ0n) is 10.4. The standard InChI is InChI=1S/C14H16ClN3/c1-9-11(7-4-8-12(9)15)14-16-13(17-18-14)10-5-2-3-6-10/h4,7-8,10H,2-3,5-6H2,1H3,(H,16,17,18). The van der Waals surface area contributed by atoms with Gasteiger partial charge >= 0.3 is 0 Å². The van der Waals surface area contributed by atoms with E-state index in [9.17, 15) is 0 Å². The van der Waals surface area contributed by atoms with Crippen LogP contribution in [0.25, 0.3) is 11.4 Å². The Morgan fingerprint density at radius 3 is 2.83 bits per heavy atom. The maximum Gasteiger partial charge on any atom is 0.181 e. The van der Waals surface area contributed by atoms with Gasteiger partial charge in [0, 0.05) is 16.5 Å². The van der Waals surface area contributed by atoms with Gasteiger partial charge in [0.05, 0.1) is 0 Å². The first-order chi connectivity index (χ1) is 8.75. The summed E-state index contributed by atoms with van der Waals surface area (Å²) >= 11 is 6.13. The van der Waals surface area contributed by atoms with Crippen LogP contribution in [0.2, 0.25) is 5.02 Å². The maximum atomic E-state index is 6.13. The number of nitrogens with one attached hydrogen (secondary N) is 1. The molecule has 0 aliphatic heterocycles. The van der Waals surface area contributed by atoms with Gasteiger partial charge in [0.25, 0.3) is 0 Å². The molecule has 1 saturated carbocycles. The van der Waals surface area contributed by atoms with Crippen LogP contribution in [-0.4, -0.2) is 15.2 Å². The number of hydrogen-bond acceptors (Lipinski definition) is 2. The lowest BCUT2D eigenvalue weighted by Crippen LogP contribution is -1.94. The summed E-state index contributed by atoms with van der Waals surface area (Å²) in [6.07, 6.45) is 5.06. The zero-order valence-corrected chi connectivity index (χ0v) is 11.2. The number of H-pyrrole nitrogens is 1. The molecule has 0 unspecified atom stereocenters. The summed E-state index contributed by atoms with van der Waals surface area (Å²) < 4.78 is 0. The molecule has 3 nitrogen and oxygen atoms in total. The molecule has 1 aromatic carbocycles. The number of benzene rings is 1. The summed E-state index contributed by atoms with van der Waals surface area (Å²) in [6.45, 7) is 2.00. The molecule has 1 aromatic heterocycles. The van der Waals surface area contributed by atoms with Crippen molar-refractivity contribution in [3.63, 3.8) is 0 Å². The van der Waals surface area contributed by atoms with Crippen LogP contribution < -0.4 is 0 Å². The van der Waals surface area contributed by atoms with Gasteiger partial charge in [-0.3, -0.25) is 5.10 Å². The van der Waals surface area contributed by atoms with Crippen molar-refractivity contribution < 1.29 is 0 Å². The highest BCUT2D eigenvalue weighted by molar-refractivity contribution is 6.31. The number of halogens is 1. The van der Waals surface area contributed by atoms with Gasteiger partial charge in [0.1, 0.15) is 5.82 Å². The summed E-state index contributed by atoms with van der Waals surface area (Å²) in [5.41, 5.74) is 2.05. The van der Waals surface area contributed by atoms with E-state index in [-0.39, 0.29) is 0 Å². The van der Waals surface area contributed by atoms with E-state index in [2.05, 4.69) is 15.2 Å². The molecule has 0 amide bonds. The highest BCUT2D eigenvalue weighted by Gasteiger charge is 2.21. The number of nitrogens with zero attached hydrogens (tertiary/aromatic N) is 2. The van der Waals surface area contributed by atoms with Crippen molar-refractivity contribution in [2.75, 3.05) is 0 Å². The van der Waals surface area contributed by atoms with Gasteiger partial charge < -0.3 is 0 Å². The van der Waals surface area contributed by atoms with Crippen LogP contribution >= 0.6 is 11.6 Å². The Labute approximate surface area is 112 Å². The zero-order chi connectivity index (χ0) is 12.5. The molecule has 18 heavy (non-hydrogen) atoms. The van der Waals surface area contributed by atoms with Gasteiger partial charge in [0.15, 0.2) is 5.82 Å². The van der Waals surface area contributed by atoms with E-state index in [1.54, 1.807) is 0 Å². The average molecular weight is 262 g/mol. The van der Waals surface area contributed by atoms with Crippen LogP contribution in [0, 0.1) is 6.92 Å². The molecule has 3 rings (SSSR count).